The van der Waals surface area contributed by atoms with Crippen LogP contribution in [0.25, 0.3) is 22.4 Å². The molecule has 0 spiro atoms. The molecule has 1 fully saturated rings. The van der Waals surface area contributed by atoms with Crippen LogP contribution < -0.4 is 10.1 Å². The summed E-state index contributed by atoms with van der Waals surface area (Å²) in [4.78, 5) is 32.3. The van der Waals surface area contributed by atoms with Crippen LogP contribution in [0.1, 0.15) is 54.6 Å². The summed E-state index contributed by atoms with van der Waals surface area (Å²) >= 11 is 6.44. The van der Waals surface area contributed by atoms with Crippen LogP contribution in [0.5, 0.6) is 5.75 Å². The Bertz CT molecular complexity index is 1390. The number of nitrogens with one attached hydrogen (secondary N) is 1. The zero-order chi connectivity index (χ0) is 28.9. The SMILES string of the molecule is Cc1c(F)cccc1-c1ccc(C(=O)NC2(C(=O)O)CCCCC2)nc1-c1ccc(Cl)c(OCCCN(C)C)c1. The van der Waals surface area contributed by atoms with E-state index in [2.05, 4.69) is 10.2 Å². The van der Waals surface area contributed by atoms with Gasteiger partial charge >= 0.3 is 5.97 Å². The van der Waals surface area contributed by atoms with Gasteiger partial charge in [-0.05, 0) is 81.7 Å². The first-order valence-corrected chi connectivity index (χ1v) is 13.9. The standard InChI is InChI=1S/C31H35ClFN3O4/c1-20-22(9-7-10-25(20)33)23-12-14-26(29(37)35-31(30(38)39)15-5-4-6-16-31)34-28(23)21-11-13-24(32)27(19-21)40-18-8-17-36(2)3/h7,9-14,19H,4-6,8,15-18H2,1-3H3,(H,35,37)(H,38,39). The molecule has 1 heterocycles. The van der Waals surface area contributed by atoms with Gasteiger partial charge in [-0.15, -0.1) is 0 Å². The molecule has 2 aromatic carbocycles. The van der Waals surface area contributed by atoms with E-state index >= 15 is 0 Å². The van der Waals surface area contributed by atoms with E-state index < -0.39 is 17.4 Å². The predicted molar refractivity (Wildman–Crippen MR) is 154 cm³/mol. The van der Waals surface area contributed by atoms with Crippen molar-refractivity contribution in [3.05, 3.63) is 70.6 Å². The Kier molecular flexibility index (Phi) is 9.43. The maximum absolute atomic E-state index is 14.6. The number of hydrogen-bond donors (Lipinski definition) is 2. The number of amides is 1. The minimum Gasteiger partial charge on any atom is -0.492 e. The van der Waals surface area contributed by atoms with E-state index in [9.17, 15) is 19.1 Å². The summed E-state index contributed by atoms with van der Waals surface area (Å²) in [5.74, 6) is -1.49. The second kappa shape index (κ2) is 12.8. The van der Waals surface area contributed by atoms with Crippen LogP contribution in [0.3, 0.4) is 0 Å². The van der Waals surface area contributed by atoms with Gasteiger partial charge in [0, 0.05) is 17.7 Å². The van der Waals surface area contributed by atoms with Gasteiger partial charge in [0.05, 0.1) is 17.3 Å². The lowest BCUT2D eigenvalue weighted by molar-refractivity contribution is -0.145. The Balaban J connectivity index is 1.75. The topological polar surface area (TPSA) is 91.8 Å². The van der Waals surface area contributed by atoms with Gasteiger partial charge in [0.25, 0.3) is 5.91 Å². The van der Waals surface area contributed by atoms with E-state index in [0.29, 0.717) is 58.2 Å². The van der Waals surface area contributed by atoms with Crippen molar-refractivity contribution in [2.45, 2.75) is 51.0 Å². The summed E-state index contributed by atoms with van der Waals surface area (Å²) in [6.07, 6.45) is 3.93. The summed E-state index contributed by atoms with van der Waals surface area (Å²) in [5, 5.41) is 13.1. The summed E-state index contributed by atoms with van der Waals surface area (Å²) in [7, 11) is 3.98. The summed E-state index contributed by atoms with van der Waals surface area (Å²) in [5.41, 5.74) is 1.52. The third kappa shape index (κ3) is 6.62. The average molecular weight is 568 g/mol. The highest BCUT2D eigenvalue weighted by atomic mass is 35.5. The first-order chi connectivity index (χ1) is 19.1. The van der Waals surface area contributed by atoms with Crippen LogP contribution in [0.2, 0.25) is 5.02 Å². The molecule has 1 aliphatic rings. The Morgan fingerprint density at radius 3 is 2.55 bits per heavy atom. The first-order valence-electron chi connectivity index (χ1n) is 13.5. The molecule has 3 aromatic rings. The smallest absolute Gasteiger partial charge is 0.329 e. The van der Waals surface area contributed by atoms with Crippen LogP contribution >= 0.6 is 11.6 Å². The molecule has 0 aliphatic heterocycles. The second-order valence-electron chi connectivity index (χ2n) is 10.6. The van der Waals surface area contributed by atoms with Crippen LogP contribution in [-0.2, 0) is 4.79 Å². The molecule has 0 saturated heterocycles. The van der Waals surface area contributed by atoms with Crippen molar-refractivity contribution in [2.24, 2.45) is 0 Å². The largest absolute Gasteiger partial charge is 0.492 e. The number of aliphatic carboxylic acids is 1. The van der Waals surface area contributed by atoms with Gasteiger partial charge in [-0.1, -0.05) is 49.1 Å². The molecule has 0 bridgehead atoms. The van der Waals surface area contributed by atoms with E-state index in [-0.39, 0.29) is 11.5 Å². The molecular formula is C31H35ClFN3O4. The van der Waals surface area contributed by atoms with Crippen LogP contribution in [0.15, 0.2) is 48.5 Å². The Morgan fingerprint density at radius 2 is 1.85 bits per heavy atom. The number of rotatable bonds is 10. The Hall–Kier alpha value is -3.49. The molecule has 0 atom stereocenters. The van der Waals surface area contributed by atoms with Crippen LogP contribution in [0.4, 0.5) is 4.39 Å². The average Bonchev–Trinajstić information content (AvgIpc) is 2.93. The molecule has 1 saturated carbocycles. The minimum atomic E-state index is -1.32. The van der Waals surface area contributed by atoms with Crippen LogP contribution in [0, 0.1) is 12.7 Å². The van der Waals surface area contributed by atoms with Crippen molar-refractivity contribution in [1.82, 2.24) is 15.2 Å². The highest BCUT2D eigenvalue weighted by Gasteiger charge is 2.41. The quantitative estimate of drug-likeness (QED) is 0.277. The summed E-state index contributed by atoms with van der Waals surface area (Å²) in [6.45, 7) is 3.01. The monoisotopic (exact) mass is 567 g/mol. The molecule has 2 N–H and O–H groups in total. The van der Waals surface area contributed by atoms with Crippen LogP contribution in [-0.4, -0.2) is 59.7 Å². The number of carbonyl (C=O) groups excluding carboxylic acids is 1. The number of carbonyl (C=O) groups is 2. The molecule has 40 heavy (non-hydrogen) atoms. The van der Waals surface area contributed by atoms with Crippen molar-refractivity contribution >= 4 is 23.5 Å². The van der Waals surface area contributed by atoms with Crippen molar-refractivity contribution in [2.75, 3.05) is 27.2 Å². The lowest BCUT2D eigenvalue weighted by Crippen LogP contribution is -2.55. The molecule has 1 amide bonds. The van der Waals surface area contributed by atoms with Gasteiger partial charge in [-0.2, -0.15) is 0 Å². The normalized spacial score (nSPS) is 14.7. The second-order valence-corrected chi connectivity index (χ2v) is 11.0. The molecule has 7 nitrogen and oxygen atoms in total. The minimum absolute atomic E-state index is 0.0717. The molecule has 212 valence electrons. The number of carboxylic acid groups (broad SMARTS) is 1. The van der Waals surface area contributed by atoms with Gasteiger partial charge in [-0.25, -0.2) is 14.2 Å². The Morgan fingerprint density at radius 1 is 1.10 bits per heavy atom. The lowest BCUT2D eigenvalue weighted by Gasteiger charge is -2.33. The molecule has 1 aliphatic carbocycles. The number of ether oxygens (including phenoxy) is 1. The number of benzene rings is 2. The molecule has 9 heteroatoms. The zero-order valence-electron chi connectivity index (χ0n) is 23.1. The first kappa shape index (κ1) is 29.5. The van der Waals surface area contributed by atoms with E-state index in [1.807, 2.05) is 14.1 Å². The highest BCUT2D eigenvalue weighted by molar-refractivity contribution is 6.32. The van der Waals surface area contributed by atoms with Crippen molar-refractivity contribution in [3.8, 4) is 28.1 Å². The fourth-order valence-corrected chi connectivity index (χ4v) is 5.25. The van der Waals surface area contributed by atoms with Gasteiger partial charge in [0.1, 0.15) is 22.8 Å². The number of aromatic nitrogens is 1. The molecule has 1 aromatic heterocycles. The molecular weight excluding hydrogens is 533 g/mol. The van der Waals surface area contributed by atoms with Gasteiger partial charge in [-0.3, -0.25) is 4.79 Å². The number of nitrogens with zero attached hydrogens (tertiary/aromatic N) is 2. The molecule has 4 rings (SSSR count). The number of pyridine rings is 1. The molecule has 0 radical (unpaired) electrons. The molecule has 0 unspecified atom stereocenters. The van der Waals surface area contributed by atoms with Crippen molar-refractivity contribution in [3.63, 3.8) is 0 Å². The predicted octanol–water partition coefficient (Wildman–Crippen LogP) is 6.36. The van der Waals surface area contributed by atoms with E-state index in [1.165, 1.54) is 6.07 Å². The number of hydrogen-bond acceptors (Lipinski definition) is 5. The van der Waals surface area contributed by atoms with E-state index in [4.69, 9.17) is 21.3 Å². The number of halogens is 2. The Labute approximate surface area is 239 Å². The number of carboxylic acids is 1. The van der Waals surface area contributed by atoms with E-state index in [0.717, 1.165) is 32.2 Å². The fraction of sp³-hybridized carbons (Fsp3) is 0.387. The highest BCUT2D eigenvalue weighted by Crippen LogP contribution is 2.37. The maximum atomic E-state index is 14.6. The lowest BCUT2D eigenvalue weighted by atomic mass is 9.81. The third-order valence-corrected chi connectivity index (χ3v) is 7.68. The van der Waals surface area contributed by atoms with Crippen molar-refractivity contribution in [1.29, 1.82) is 0 Å². The third-order valence-electron chi connectivity index (χ3n) is 7.37. The zero-order valence-corrected chi connectivity index (χ0v) is 23.9. The summed E-state index contributed by atoms with van der Waals surface area (Å²) in [6, 6.07) is 13.3. The van der Waals surface area contributed by atoms with Gasteiger partial charge in [0.15, 0.2) is 0 Å². The van der Waals surface area contributed by atoms with Crippen molar-refractivity contribution < 1.29 is 23.8 Å². The summed E-state index contributed by atoms with van der Waals surface area (Å²) < 4.78 is 20.5. The van der Waals surface area contributed by atoms with E-state index in [1.54, 1.807) is 49.4 Å². The van der Waals surface area contributed by atoms with Gasteiger partial charge in [0.2, 0.25) is 0 Å². The maximum Gasteiger partial charge on any atom is 0.329 e. The van der Waals surface area contributed by atoms with Gasteiger partial charge < -0.3 is 20.1 Å². The fourth-order valence-electron chi connectivity index (χ4n) is 5.08.